The summed E-state index contributed by atoms with van der Waals surface area (Å²) in [6.45, 7) is 4.86. The summed E-state index contributed by atoms with van der Waals surface area (Å²) >= 11 is 0. The molecule has 0 aliphatic carbocycles. The lowest BCUT2D eigenvalue weighted by molar-refractivity contribution is -0.138. The zero-order chi connectivity index (χ0) is 25.5. The first-order valence-corrected chi connectivity index (χ1v) is 12.3. The van der Waals surface area contributed by atoms with Crippen molar-refractivity contribution < 1.29 is 14.6 Å². The lowest BCUT2D eigenvalue weighted by Gasteiger charge is -2.37. The maximum absolute atomic E-state index is 12.2. The van der Waals surface area contributed by atoms with Crippen molar-refractivity contribution in [2.45, 2.75) is 38.9 Å². The van der Waals surface area contributed by atoms with E-state index in [0.717, 1.165) is 39.1 Å². The predicted octanol–water partition coefficient (Wildman–Crippen LogP) is 7.45. The van der Waals surface area contributed by atoms with Gasteiger partial charge in [0.25, 0.3) is 0 Å². The number of benzene rings is 4. The van der Waals surface area contributed by atoms with Gasteiger partial charge in [0.05, 0.1) is 13.5 Å². The Morgan fingerprint density at radius 2 is 1.53 bits per heavy atom. The molecule has 4 rings (SSSR count). The van der Waals surface area contributed by atoms with Crippen LogP contribution in [0.15, 0.2) is 103 Å². The molecule has 0 spiro atoms. The molecule has 4 aromatic rings. The Hall–Kier alpha value is -3.89. The number of hydrogen-bond donors (Lipinski definition) is 1. The molecule has 0 saturated carbocycles. The summed E-state index contributed by atoms with van der Waals surface area (Å²) < 4.78 is 5.44. The number of carboxylic acids is 1. The average molecular weight is 480 g/mol. The van der Waals surface area contributed by atoms with Crippen molar-refractivity contribution in [1.82, 2.24) is 4.90 Å². The van der Waals surface area contributed by atoms with E-state index in [1.165, 1.54) is 0 Å². The molecule has 0 aliphatic rings. The van der Waals surface area contributed by atoms with Crippen molar-refractivity contribution in [3.63, 3.8) is 0 Å². The molecule has 0 fully saturated rings. The van der Waals surface area contributed by atoms with E-state index >= 15 is 0 Å². The minimum atomic E-state index is -0.817. The Bertz CT molecular complexity index is 1290. The molecule has 0 aromatic heterocycles. The second-order valence-corrected chi connectivity index (χ2v) is 9.22. The molecule has 2 unspecified atom stereocenters. The van der Waals surface area contributed by atoms with Gasteiger partial charge in [0.15, 0.2) is 0 Å². The van der Waals surface area contributed by atoms with E-state index in [9.17, 15) is 9.90 Å². The normalized spacial score (nSPS) is 12.8. The van der Waals surface area contributed by atoms with Crippen LogP contribution in [0.25, 0.3) is 11.1 Å². The summed E-state index contributed by atoms with van der Waals surface area (Å²) in [5.74, 6) is -0.0243. The quantitative estimate of drug-likeness (QED) is 0.257. The molecule has 4 nitrogen and oxygen atoms in total. The topological polar surface area (TPSA) is 49.8 Å². The smallest absolute Gasteiger partial charge is 0.305 e. The van der Waals surface area contributed by atoms with Crippen molar-refractivity contribution in [3.8, 4) is 16.9 Å². The fourth-order valence-electron chi connectivity index (χ4n) is 4.80. The van der Waals surface area contributed by atoms with E-state index < -0.39 is 5.97 Å². The molecular weight excluding hydrogens is 446 g/mol. The van der Waals surface area contributed by atoms with Gasteiger partial charge >= 0.3 is 5.97 Å². The maximum Gasteiger partial charge on any atom is 0.305 e. The third-order valence-corrected chi connectivity index (χ3v) is 6.64. The van der Waals surface area contributed by atoms with Crippen LogP contribution in [0.3, 0.4) is 0 Å². The molecule has 0 radical (unpaired) electrons. The van der Waals surface area contributed by atoms with Crippen LogP contribution >= 0.6 is 0 Å². The first-order valence-electron chi connectivity index (χ1n) is 12.3. The third-order valence-electron chi connectivity index (χ3n) is 6.64. The number of ether oxygens (including phenoxy) is 1. The number of carboxylic acid groups (broad SMARTS) is 1. The first-order chi connectivity index (χ1) is 17.4. The molecule has 2 atom stereocenters. The lowest BCUT2D eigenvalue weighted by atomic mass is 9.92. The van der Waals surface area contributed by atoms with E-state index in [1.807, 2.05) is 54.6 Å². The highest BCUT2D eigenvalue weighted by atomic mass is 16.5. The van der Waals surface area contributed by atoms with Gasteiger partial charge in [-0.15, -0.1) is 0 Å². The molecular formula is C32H33NO3. The van der Waals surface area contributed by atoms with Gasteiger partial charge in [-0.05, 0) is 59.9 Å². The third kappa shape index (κ3) is 6.21. The number of rotatable bonds is 10. The summed E-state index contributed by atoms with van der Waals surface area (Å²) in [7, 11) is 1.66. The zero-order valence-electron chi connectivity index (χ0n) is 21.1. The molecule has 4 aromatic carbocycles. The van der Waals surface area contributed by atoms with Gasteiger partial charge in [0.1, 0.15) is 5.75 Å². The number of aryl methyl sites for hydroxylation is 1. The number of carbonyl (C=O) groups is 1. The van der Waals surface area contributed by atoms with Crippen LogP contribution in [0.2, 0.25) is 0 Å². The molecule has 36 heavy (non-hydrogen) atoms. The van der Waals surface area contributed by atoms with Crippen LogP contribution in [0.5, 0.6) is 5.75 Å². The summed E-state index contributed by atoms with van der Waals surface area (Å²) in [4.78, 5) is 14.5. The van der Waals surface area contributed by atoms with Gasteiger partial charge in [0.2, 0.25) is 0 Å². The monoisotopic (exact) mass is 479 g/mol. The Kier molecular flexibility index (Phi) is 8.19. The Labute approximate surface area is 213 Å². The molecule has 0 heterocycles. The fraction of sp³-hybridized carbons (Fsp3) is 0.219. The molecule has 184 valence electrons. The average Bonchev–Trinajstić information content (AvgIpc) is 2.91. The number of methoxy groups -OCH3 is 1. The lowest BCUT2D eigenvalue weighted by Crippen LogP contribution is -2.33. The Morgan fingerprint density at radius 1 is 0.833 bits per heavy atom. The standard InChI is InChI=1S/C32H33NO3/c1-23-17-28(27-15-10-16-30(20-27)36-3)19-29(18-23)31(21-32(34)35)33(22-25-11-6-4-7-12-25)24(2)26-13-8-5-9-14-26/h4-20,24,31H,21-22H2,1-3H3,(H,34,35). The zero-order valence-corrected chi connectivity index (χ0v) is 21.1. The summed E-state index contributed by atoms with van der Waals surface area (Å²) in [6, 6.07) is 34.6. The maximum atomic E-state index is 12.2. The van der Waals surface area contributed by atoms with Gasteiger partial charge in [-0.1, -0.05) is 90.5 Å². The van der Waals surface area contributed by atoms with Gasteiger partial charge < -0.3 is 9.84 Å². The van der Waals surface area contributed by atoms with E-state index in [2.05, 4.69) is 67.3 Å². The Morgan fingerprint density at radius 3 is 2.19 bits per heavy atom. The minimum absolute atomic E-state index is 0.00497. The summed E-state index contributed by atoms with van der Waals surface area (Å²) in [5.41, 5.74) is 6.48. The molecule has 0 amide bonds. The number of hydrogen-bond acceptors (Lipinski definition) is 3. The molecule has 0 saturated heterocycles. The van der Waals surface area contributed by atoms with E-state index in [-0.39, 0.29) is 18.5 Å². The van der Waals surface area contributed by atoms with Crippen molar-refractivity contribution in [2.24, 2.45) is 0 Å². The summed E-state index contributed by atoms with van der Waals surface area (Å²) in [6.07, 6.45) is 0.00497. The van der Waals surface area contributed by atoms with E-state index in [4.69, 9.17) is 4.74 Å². The largest absolute Gasteiger partial charge is 0.497 e. The van der Waals surface area contributed by atoms with Crippen LogP contribution in [0, 0.1) is 6.92 Å². The predicted molar refractivity (Wildman–Crippen MR) is 145 cm³/mol. The summed E-state index contributed by atoms with van der Waals surface area (Å²) in [5, 5.41) is 9.99. The van der Waals surface area contributed by atoms with Crippen molar-refractivity contribution in [2.75, 3.05) is 7.11 Å². The Balaban J connectivity index is 1.81. The van der Waals surface area contributed by atoms with Crippen LogP contribution in [-0.4, -0.2) is 23.1 Å². The van der Waals surface area contributed by atoms with Crippen molar-refractivity contribution in [1.29, 1.82) is 0 Å². The van der Waals surface area contributed by atoms with Crippen LogP contribution in [-0.2, 0) is 11.3 Å². The van der Waals surface area contributed by atoms with Gasteiger partial charge in [0, 0.05) is 18.6 Å². The van der Waals surface area contributed by atoms with Gasteiger partial charge in [-0.3, -0.25) is 9.69 Å². The molecule has 0 aliphatic heterocycles. The van der Waals surface area contributed by atoms with E-state index in [1.54, 1.807) is 7.11 Å². The SMILES string of the molecule is COc1cccc(-c2cc(C)cc(C(CC(=O)O)N(Cc3ccccc3)C(C)c3ccccc3)c2)c1. The van der Waals surface area contributed by atoms with Crippen molar-refractivity contribution >= 4 is 5.97 Å². The van der Waals surface area contributed by atoms with E-state index in [0.29, 0.717) is 6.54 Å². The highest BCUT2D eigenvalue weighted by Gasteiger charge is 2.29. The fourth-order valence-corrected chi connectivity index (χ4v) is 4.80. The second kappa shape index (κ2) is 11.7. The van der Waals surface area contributed by atoms with Gasteiger partial charge in [-0.25, -0.2) is 0 Å². The molecule has 0 bridgehead atoms. The van der Waals surface area contributed by atoms with Gasteiger partial charge in [-0.2, -0.15) is 0 Å². The van der Waals surface area contributed by atoms with Crippen LogP contribution in [0.1, 0.15) is 47.7 Å². The molecule has 1 N–H and O–H groups in total. The molecule has 4 heteroatoms. The van der Waals surface area contributed by atoms with Crippen molar-refractivity contribution in [3.05, 3.63) is 125 Å². The number of nitrogens with zero attached hydrogens (tertiary/aromatic N) is 1. The highest BCUT2D eigenvalue weighted by Crippen LogP contribution is 2.37. The first kappa shape index (κ1) is 25.2. The van der Waals surface area contributed by atoms with Crippen LogP contribution in [0.4, 0.5) is 0 Å². The number of aliphatic carboxylic acids is 1. The van der Waals surface area contributed by atoms with Crippen LogP contribution < -0.4 is 4.74 Å². The second-order valence-electron chi connectivity index (χ2n) is 9.22. The highest BCUT2D eigenvalue weighted by molar-refractivity contribution is 5.70. The minimum Gasteiger partial charge on any atom is -0.497 e.